The molecule has 0 aliphatic rings. The van der Waals surface area contributed by atoms with Crippen LogP contribution in [0.25, 0.3) is 0 Å². The molecule has 1 N–H and O–H groups in total. The molecule has 0 radical (unpaired) electrons. The molecule has 144 valence electrons. The number of rotatable bonds is 8. The van der Waals surface area contributed by atoms with Crippen molar-refractivity contribution in [1.82, 2.24) is 9.80 Å². The zero-order chi connectivity index (χ0) is 19.8. The van der Waals surface area contributed by atoms with Crippen molar-refractivity contribution in [2.24, 2.45) is 0 Å². The molecule has 0 aliphatic carbocycles. The largest absolute Gasteiger partial charge is 0.337 e. The van der Waals surface area contributed by atoms with Gasteiger partial charge in [0.15, 0.2) is 0 Å². The summed E-state index contributed by atoms with van der Waals surface area (Å²) in [4.78, 5) is 28.6. The number of carbonyl (C=O) groups is 2. The topological polar surface area (TPSA) is 52.7 Å². The van der Waals surface area contributed by atoms with Crippen LogP contribution < -0.4 is 5.32 Å². The van der Waals surface area contributed by atoms with Gasteiger partial charge in [-0.3, -0.25) is 14.5 Å². The minimum absolute atomic E-state index is 0.00291. The predicted molar refractivity (Wildman–Crippen MR) is 110 cm³/mol. The van der Waals surface area contributed by atoms with E-state index in [1.165, 1.54) is 0 Å². The quantitative estimate of drug-likeness (QED) is 0.752. The van der Waals surface area contributed by atoms with Crippen LogP contribution in [-0.2, 0) is 16.1 Å². The molecule has 2 aromatic rings. The molecule has 6 heteroatoms. The number of hydrogen-bond donors (Lipinski definition) is 1. The Morgan fingerprint density at radius 3 is 2.30 bits per heavy atom. The summed E-state index contributed by atoms with van der Waals surface area (Å²) in [5.74, 6) is -0.172. The Hall–Kier alpha value is -2.37. The van der Waals surface area contributed by atoms with Gasteiger partial charge in [-0.2, -0.15) is 0 Å². The molecule has 2 amide bonds. The highest BCUT2D eigenvalue weighted by Crippen LogP contribution is 2.14. The molecular formula is C21H26ClN3O2. The SMILES string of the molecule is CCN(Cc1ccccc1)C(=O)[C@H](C)N(C)CC(=O)Nc1ccc(Cl)cc1. The van der Waals surface area contributed by atoms with Crippen molar-refractivity contribution in [2.75, 3.05) is 25.5 Å². The second kappa shape index (κ2) is 10.1. The Kier molecular flexibility index (Phi) is 7.82. The average molecular weight is 388 g/mol. The third-order valence-electron chi connectivity index (χ3n) is 4.45. The molecule has 2 aromatic carbocycles. The molecule has 27 heavy (non-hydrogen) atoms. The van der Waals surface area contributed by atoms with E-state index in [1.54, 1.807) is 41.1 Å². The van der Waals surface area contributed by atoms with Crippen LogP contribution in [0.4, 0.5) is 5.69 Å². The first kappa shape index (κ1) is 20.9. The standard InChI is InChI=1S/C21H26ClN3O2/c1-4-25(14-17-8-6-5-7-9-17)21(27)16(2)24(3)15-20(26)23-19-12-10-18(22)11-13-19/h5-13,16H,4,14-15H2,1-3H3,(H,23,26)/t16-/m0/s1. The summed E-state index contributed by atoms with van der Waals surface area (Å²) in [6.45, 7) is 5.08. The Morgan fingerprint density at radius 2 is 1.70 bits per heavy atom. The summed E-state index contributed by atoms with van der Waals surface area (Å²) in [6, 6.07) is 16.4. The van der Waals surface area contributed by atoms with E-state index in [4.69, 9.17) is 11.6 Å². The smallest absolute Gasteiger partial charge is 0.239 e. The van der Waals surface area contributed by atoms with Gasteiger partial charge in [-0.05, 0) is 50.7 Å². The normalized spacial score (nSPS) is 11.9. The van der Waals surface area contributed by atoms with Gasteiger partial charge < -0.3 is 10.2 Å². The lowest BCUT2D eigenvalue weighted by Gasteiger charge is -2.29. The highest BCUT2D eigenvalue weighted by atomic mass is 35.5. The van der Waals surface area contributed by atoms with Crippen LogP contribution in [0.2, 0.25) is 5.02 Å². The van der Waals surface area contributed by atoms with Crippen LogP contribution in [0.15, 0.2) is 54.6 Å². The number of benzene rings is 2. The van der Waals surface area contributed by atoms with Crippen LogP contribution in [0.1, 0.15) is 19.4 Å². The van der Waals surface area contributed by atoms with Crippen LogP contribution in [0.5, 0.6) is 0 Å². The number of halogens is 1. The van der Waals surface area contributed by atoms with Gasteiger partial charge in [-0.15, -0.1) is 0 Å². The molecule has 0 saturated carbocycles. The summed E-state index contributed by atoms with van der Waals surface area (Å²) in [7, 11) is 1.78. The fraction of sp³-hybridized carbons (Fsp3) is 0.333. The zero-order valence-corrected chi connectivity index (χ0v) is 16.7. The molecule has 0 bridgehead atoms. The summed E-state index contributed by atoms with van der Waals surface area (Å²) in [6.07, 6.45) is 0. The fourth-order valence-corrected chi connectivity index (χ4v) is 2.83. The second-order valence-electron chi connectivity index (χ2n) is 6.48. The van der Waals surface area contributed by atoms with Gasteiger partial charge in [0.1, 0.15) is 0 Å². The maximum Gasteiger partial charge on any atom is 0.239 e. The minimum atomic E-state index is -0.398. The molecule has 0 fully saturated rings. The second-order valence-corrected chi connectivity index (χ2v) is 6.92. The molecule has 0 heterocycles. The van der Waals surface area contributed by atoms with E-state index in [9.17, 15) is 9.59 Å². The lowest BCUT2D eigenvalue weighted by Crippen LogP contribution is -2.47. The number of likely N-dealkylation sites (N-methyl/N-ethyl adjacent to an activating group) is 2. The molecule has 0 saturated heterocycles. The lowest BCUT2D eigenvalue weighted by atomic mass is 10.2. The Balaban J connectivity index is 1.91. The number of nitrogens with one attached hydrogen (secondary N) is 1. The molecular weight excluding hydrogens is 362 g/mol. The van der Waals surface area contributed by atoms with Crippen molar-refractivity contribution in [3.8, 4) is 0 Å². The summed E-state index contributed by atoms with van der Waals surface area (Å²) in [5.41, 5.74) is 1.76. The molecule has 1 atom stereocenters. The predicted octanol–water partition coefficient (Wildman–Crippen LogP) is 3.65. The van der Waals surface area contributed by atoms with Gasteiger partial charge in [-0.25, -0.2) is 0 Å². The average Bonchev–Trinajstić information content (AvgIpc) is 2.67. The number of nitrogens with zero attached hydrogens (tertiary/aromatic N) is 2. The monoisotopic (exact) mass is 387 g/mol. The van der Waals surface area contributed by atoms with E-state index in [1.807, 2.05) is 44.2 Å². The van der Waals surface area contributed by atoms with Gasteiger partial charge in [0.2, 0.25) is 11.8 Å². The van der Waals surface area contributed by atoms with Gasteiger partial charge >= 0.3 is 0 Å². The van der Waals surface area contributed by atoms with Gasteiger partial charge in [0.05, 0.1) is 12.6 Å². The van der Waals surface area contributed by atoms with Gasteiger partial charge in [0.25, 0.3) is 0 Å². The highest BCUT2D eigenvalue weighted by molar-refractivity contribution is 6.30. The number of amides is 2. The summed E-state index contributed by atoms with van der Waals surface area (Å²) < 4.78 is 0. The first-order valence-corrected chi connectivity index (χ1v) is 9.37. The van der Waals surface area contributed by atoms with Crippen molar-refractivity contribution in [1.29, 1.82) is 0 Å². The Morgan fingerprint density at radius 1 is 1.07 bits per heavy atom. The van der Waals surface area contributed by atoms with Crippen LogP contribution >= 0.6 is 11.6 Å². The maximum absolute atomic E-state index is 12.8. The van der Waals surface area contributed by atoms with Gasteiger partial charge in [0, 0.05) is 23.8 Å². The van der Waals surface area contributed by atoms with Crippen molar-refractivity contribution in [3.05, 3.63) is 65.2 Å². The number of hydrogen-bond acceptors (Lipinski definition) is 3. The Bertz CT molecular complexity index is 750. The van der Waals surface area contributed by atoms with Crippen LogP contribution in [0, 0.1) is 0 Å². The molecule has 2 rings (SSSR count). The lowest BCUT2D eigenvalue weighted by molar-refractivity contribution is -0.136. The fourth-order valence-electron chi connectivity index (χ4n) is 2.70. The first-order chi connectivity index (χ1) is 12.9. The maximum atomic E-state index is 12.8. The van der Waals surface area contributed by atoms with E-state index in [2.05, 4.69) is 5.32 Å². The minimum Gasteiger partial charge on any atom is -0.337 e. The molecule has 0 aromatic heterocycles. The third kappa shape index (κ3) is 6.38. The van der Waals surface area contributed by atoms with E-state index < -0.39 is 6.04 Å². The van der Waals surface area contributed by atoms with E-state index in [-0.39, 0.29) is 18.4 Å². The van der Waals surface area contributed by atoms with Crippen LogP contribution in [-0.4, -0.2) is 47.8 Å². The van der Waals surface area contributed by atoms with Gasteiger partial charge in [-0.1, -0.05) is 41.9 Å². The van der Waals surface area contributed by atoms with E-state index in [0.29, 0.717) is 23.8 Å². The highest BCUT2D eigenvalue weighted by Gasteiger charge is 2.24. The summed E-state index contributed by atoms with van der Waals surface area (Å²) in [5, 5.41) is 3.43. The van der Waals surface area contributed by atoms with Crippen molar-refractivity contribution in [2.45, 2.75) is 26.4 Å². The van der Waals surface area contributed by atoms with Crippen molar-refractivity contribution >= 4 is 29.1 Å². The zero-order valence-electron chi connectivity index (χ0n) is 16.0. The van der Waals surface area contributed by atoms with E-state index in [0.717, 1.165) is 5.56 Å². The number of anilines is 1. The third-order valence-corrected chi connectivity index (χ3v) is 4.70. The summed E-state index contributed by atoms with van der Waals surface area (Å²) >= 11 is 5.85. The van der Waals surface area contributed by atoms with Crippen molar-refractivity contribution < 1.29 is 9.59 Å². The van der Waals surface area contributed by atoms with Crippen molar-refractivity contribution in [3.63, 3.8) is 0 Å². The molecule has 5 nitrogen and oxygen atoms in total. The first-order valence-electron chi connectivity index (χ1n) is 8.99. The molecule has 0 unspecified atom stereocenters. The van der Waals surface area contributed by atoms with E-state index >= 15 is 0 Å². The molecule has 0 aliphatic heterocycles. The Labute approximate surface area is 165 Å². The number of carbonyl (C=O) groups excluding carboxylic acids is 2. The molecule has 0 spiro atoms. The van der Waals surface area contributed by atoms with Crippen LogP contribution in [0.3, 0.4) is 0 Å².